The van der Waals surface area contributed by atoms with Crippen LogP contribution >= 0.6 is 15.9 Å². The quantitative estimate of drug-likeness (QED) is 0.590. The van der Waals surface area contributed by atoms with E-state index in [0.29, 0.717) is 12.0 Å². The van der Waals surface area contributed by atoms with Gasteiger partial charge < -0.3 is 9.47 Å². The largest absolute Gasteiger partial charge is 0.468 e. The number of hydrogen-bond acceptors (Lipinski definition) is 4. The van der Waals surface area contributed by atoms with Crippen molar-refractivity contribution < 1.29 is 19.1 Å². The first-order chi connectivity index (χ1) is 9.63. The number of methoxy groups -OCH3 is 2. The fourth-order valence-electron chi connectivity index (χ4n) is 1.83. The van der Waals surface area contributed by atoms with Crippen LogP contribution in [0, 0.1) is 5.92 Å². The van der Waals surface area contributed by atoms with Crippen molar-refractivity contribution in [3.05, 3.63) is 46.5 Å². The van der Waals surface area contributed by atoms with Gasteiger partial charge in [-0.2, -0.15) is 0 Å². The summed E-state index contributed by atoms with van der Waals surface area (Å²) >= 11 is 3.21. The molecule has 0 radical (unpaired) electrons. The molecule has 0 aromatic heterocycles. The molecule has 0 spiro atoms. The molecule has 0 unspecified atom stereocenters. The van der Waals surface area contributed by atoms with Gasteiger partial charge >= 0.3 is 11.9 Å². The highest BCUT2D eigenvalue weighted by atomic mass is 79.9. The maximum absolute atomic E-state index is 11.7. The molecule has 0 aliphatic rings. The van der Waals surface area contributed by atoms with Crippen LogP contribution in [0.1, 0.15) is 12.0 Å². The first kappa shape index (κ1) is 16.4. The summed E-state index contributed by atoms with van der Waals surface area (Å²) in [6, 6.07) is 9.83. The second-order valence-electron chi connectivity index (χ2n) is 4.15. The SMILES string of the molecule is COC(=O)C(C(=O)OC)/C(=C/Br)CCc1ccccc1. The number of halogens is 1. The number of rotatable bonds is 6. The maximum Gasteiger partial charge on any atom is 0.324 e. The van der Waals surface area contributed by atoms with Crippen LogP contribution in [0.2, 0.25) is 0 Å². The standard InChI is InChI=1S/C15H17BrO4/c1-19-14(17)13(15(18)20-2)12(10-16)9-8-11-6-4-3-5-7-11/h3-7,10,13H,8-9H2,1-2H3/b12-10+. The van der Waals surface area contributed by atoms with Gasteiger partial charge in [-0.05, 0) is 29.0 Å². The summed E-state index contributed by atoms with van der Waals surface area (Å²) in [5.74, 6) is -2.25. The lowest BCUT2D eigenvalue weighted by Crippen LogP contribution is -2.28. The van der Waals surface area contributed by atoms with Gasteiger partial charge in [0.15, 0.2) is 5.92 Å². The zero-order valence-electron chi connectivity index (χ0n) is 11.5. The molecule has 0 amide bonds. The molecule has 0 bridgehead atoms. The minimum Gasteiger partial charge on any atom is -0.468 e. The number of carbonyl (C=O) groups is 2. The number of aryl methyl sites for hydroxylation is 1. The lowest BCUT2D eigenvalue weighted by atomic mass is 9.94. The zero-order valence-corrected chi connectivity index (χ0v) is 13.1. The van der Waals surface area contributed by atoms with Crippen LogP contribution in [0.25, 0.3) is 0 Å². The van der Waals surface area contributed by atoms with Gasteiger partial charge in [0.2, 0.25) is 0 Å². The first-order valence-electron chi connectivity index (χ1n) is 6.12. The Morgan fingerprint density at radius 2 is 1.70 bits per heavy atom. The van der Waals surface area contributed by atoms with Crippen molar-refractivity contribution in [2.24, 2.45) is 5.92 Å². The van der Waals surface area contributed by atoms with Gasteiger partial charge in [-0.3, -0.25) is 9.59 Å². The summed E-state index contributed by atoms with van der Waals surface area (Å²) < 4.78 is 9.34. The molecule has 0 atom stereocenters. The Kier molecular flexibility index (Phi) is 7.01. The molecule has 1 rings (SSSR count). The minimum absolute atomic E-state index is 0.560. The summed E-state index contributed by atoms with van der Waals surface area (Å²) in [5.41, 5.74) is 1.76. The van der Waals surface area contributed by atoms with Gasteiger partial charge in [0.05, 0.1) is 14.2 Å². The molecule has 0 N–H and O–H groups in total. The van der Waals surface area contributed by atoms with Crippen LogP contribution in [-0.2, 0) is 25.5 Å². The minimum atomic E-state index is -1.02. The third-order valence-electron chi connectivity index (χ3n) is 2.93. The normalized spacial score (nSPS) is 11.3. The van der Waals surface area contributed by atoms with Gasteiger partial charge in [0.1, 0.15) is 0 Å². The third-order valence-corrected chi connectivity index (χ3v) is 3.52. The van der Waals surface area contributed by atoms with E-state index >= 15 is 0 Å². The molecular weight excluding hydrogens is 324 g/mol. The molecule has 5 heteroatoms. The Hall–Kier alpha value is -1.62. The fraction of sp³-hybridized carbons (Fsp3) is 0.333. The summed E-state index contributed by atoms with van der Waals surface area (Å²) in [7, 11) is 2.50. The number of esters is 2. The molecule has 20 heavy (non-hydrogen) atoms. The van der Waals surface area contributed by atoms with E-state index in [1.54, 1.807) is 4.99 Å². The lowest BCUT2D eigenvalue weighted by molar-refractivity contribution is -0.156. The predicted molar refractivity (Wildman–Crippen MR) is 79.3 cm³/mol. The summed E-state index contributed by atoms with van der Waals surface area (Å²) in [6.07, 6.45) is 1.28. The van der Waals surface area contributed by atoms with E-state index < -0.39 is 17.9 Å². The zero-order chi connectivity index (χ0) is 15.0. The molecule has 0 aliphatic carbocycles. The number of hydrogen-bond donors (Lipinski definition) is 0. The average Bonchev–Trinajstić information content (AvgIpc) is 2.51. The first-order valence-corrected chi connectivity index (χ1v) is 7.04. The van der Waals surface area contributed by atoms with E-state index in [1.807, 2.05) is 30.3 Å². The van der Waals surface area contributed by atoms with E-state index in [2.05, 4.69) is 25.4 Å². The van der Waals surface area contributed by atoms with Crippen molar-refractivity contribution in [2.75, 3.05) is 14.2 Å². The molecule has 0 fully saturated rings. The molecule has 0 saturated carbocycles. The van der Waals surface area contributed by atoms with Crippen LogP contribution in [0.5, 0.6) is 0 Å². The van der Waals surface area contributed by atoms with Gasteiger partial charge in [-0.1, -0.05) is 46.3 Å². The highest BCUT2D eigenvalue weighted by Gasteiger charge is 2.32. The molecular formula is C15H17BrO4. The van der Waals surface area contributed by atoms with E-state index in [0.717, 1.165) is 12.0 Å². The fourth-order valence-corrected chi connectivity index (χ4v) is 2.32. The Bertz CT molecular complexity index is 466. The van der Waals surface area contributed by atoms with Crippen LogP contribution in [-0.4, -0.2) is 26.2 Å². The van der Waals surface area contributed by atoms with Crippen LogP contribution in [0.4, 0.5) is 0 Å². The van der Waals surface area contributed by atoms with Crippen molar-refractivity contribution in [1.82, 2.24) is 0 Å². The predicted octanol–water partition coefficient (Wildman–Crippen LogP) is 2.86. The van der Waals surface area contributed by atoms with Gasteiger partial charge in [0, 0.05) is 0 Å². The highest BCUT2D eigenvalue weighted by Crippen LogP contribution is 2.22. The Morgan fingerprint density at radius 1 is 1.15 bits per heavy atom. The van der Waals surface area contributed by atoms with Crippen molar-refractivity contribution in [1.29, 1.82) is 0 Å². The van der Waals surface area contributed by atoms with E-state index in [-0.39, 0.29) is 0 Å². The van der Waals surface area contributed by atoms with Gasteiger partial charge in [-0.15, -0.1) is 0 Å². The van der Waals surface area contributed by atoms with Crippen molar-refractivity contribution in [3.8, 4) is 0 Å². The van der Waals surface area contributed by atoms with Crippen molar-refractivity contribution >= 4 is 27.9 Å². The second kappa shape index (κ2) is 8.53. The average molecular weight is 341 g/mol. The Labute approximate surface area is 126 Å². The smallest absolute Gasteiger partial charge is 0.324 e. The summed E-state index contributed by atoms with van der Waals surface area (Å²) in [6.45, 7) is 0. The van der Waals surface area contributed by atoms with E-state index in [1.165, 1.54) is 14.2 Å². The monoisotopic (exact) mass is 340 g/mol. The van der Waals surface area contributed by atoms with Crippen LogP contribution < -0.4 is 0 Å². The molecule has 108 valence electrons. The molecule has 1 aromatic carbocycles. The van der Waals surface area contributed by atoms with Crippen molar-refractivity contribution in [2.45, 2.75) is 12.8 Å². The number of benzene rings is 1. The molecule has 0 saturated heterocycles. The Morgan fingerprint density at radius 3 is 2.15 bits per heavy atom. The van der Waals surface area contributed by atoms with Gasteiger partial charge in [0.25, 0.3) is 0 Å². The van der Waals surface area contributed by atoms with E-state index in [9.17, 15) is 9.59 Å². The lowest BCUT2D eigenvalue weighted by Gasteiger charge is -2.15. The summed E-state index contributed by atoms with van der Waals surface area (Å²) in [4.78, 5) is 25.1. The number of carbonyl (C=O) groups excluding carboxylic acids is 2. The summed E-state index contributed by atoms with van der Waals surface area (Å²) in [5, 5.41) is 0. The van der Waals surface area contributed by atoms with E-state index in [4.69, 9.17) is 0 Å². The van der Waals surface area contributed by atoms with Crippen LogP contribution in [0.15, 0.2) is 40.9 Å². The third kappa shape index (κ3) is 4.49. The van der Waals surface area contributed by atoms with Gasteiger partial charge in [-0.25, -0.2) is 0 Å². The van der Waals surface area contributed by atoms with Crippen LogP contribution in [0.3, 0.4) is 0 Å². The maximum atomic E-state index is 11.7. The molecule has 0 heterocycles. The second-order valence-corrected chi connectivity index (χ2v) is 4.61. The molecule has 0 aliphatic heterocycles. The highest BCUT2D eigenvalue weighted by molar-refractivity contribution is 9.11. The topological polar surface area (TPSA) is 52.6 Å². The Balaban J connectivity index is 2.81. The molecule has 4 nitrogen and oxygen atoms in total. The molecule has 1 aromatic rings. The number of ether oxygens (including phenoxy) is 2. The van der Waals surface area contributed by atoms with Crippen molar-refractivity contribution in [3.63, 3.8) is 0 Å².